The lowest BCUT2D eigenvalue weighted by Gasteiger charge is -2.36. The van der Waals surface area contributed by atoms with E-state index >= 15 is 0 Å². The average Bonchev–Trinajstić information content (AvgIpc) is 2.53. The summed E-state index contributed by atoms with van der Waals surface area (Å²) in [4.78, 5) is 25.4. The lowest BCUT2D eigenvalue weighted by Crippen LogP contribution is -2.44. The molecule has 1 aromatic carbocycles. The Bertz CT molecular complexity index is 570. The number of benzene rings is 1. The van der Waals surface area contributed by atoms with Gasteiger partial charge in [-0.3, -0.25) is 9.59 Å². The molecule has 0 bridgehead atoms. The number of carbonyl (C=O) groups excluding carboxylic acids is 1. The van der Waals surface area contributed by atoms with Crippen LogP contribution in [0.1, 0.15) is 43.2 Å². The van der Waals surface area contributed by atoms with Crippen LogP contribution in [0.3, 0.4) is 0 Å². The molecule has 1 aliphatic heterocycles. The average molecular weight is 319 g/mol. The Morgan fingerprint density at radius 1 is 1.35 bits per heavy atom. The van der Waals surface area contributed by atoms with Gasteiger partial charge in [0, 0.05) is 24.6 Å². The SMILES string of the molecule is COc1ccc(C)cc1CC(=O)N1CCCCC1CCC(=O)O. The zero-order valence-corrected chi connectivity index (χ0v) is 13.9. The molecule has 0 aliphatic carbocycles. The van der Waals surface area contributed by atoms with Gasteiger partial charge in [-0.2, -0.15) is 0 Å². The van der Waals surface area contributed by atoms with Crippen molar-refractivity contribution >= 4 is 11.9 Å². The minimum Gasteiger partial charge on any atom is -0.496 e. The van der Waals surface area contributed by atoms with E-state index in [0.717, 1.165) is 42.7 Å². The third kappa shape index (κ3) is 4.71. The fourth-order valence-electron chi connectivity index (χ4n) is 3.23. The molecule has 0 saturated carbocycles. The van der Waals surface area contributed by atoms with Crippen molar-refractivity contribution in [2.75, 3.05) is 13.7 Å². The number of aryl methyl sites for hydroxylation is 1. The van der Waals surface area contributed by atoms with Crippen LogP contribution in [0, 0.1) is 6.92 Å². The fraction of sp³-hybridized carbons (Fsp3) is 0.556. The van der Waals surface area contributed by atoms with E-state index in [4.69, 9.17) is 9.84 Å². The quantitative estimate of drug-likeness (QED) is 0.875. The Labute approximate surface area is 137 Å². The third-order valence-electron chi connectivity index (χ3n) is 4.42. The minimum absolute atomic E-state index is 0.0446. The smallest absolute Gasteiger partial charge is 0.303 e. The van der Waals surface area contributed by atoms with E-state index in [1.807, 2.05) is 30.0 Å². The molecule has 1 fully saturated rings. The number of likely N-dealkylation sites (tertiary alicyclic amines) is 1. The van der Waals surface area contributed by atoms with E-state index in [1.165, 1.54) is 0 Å². The summed E-state index contributed by atoms with van der Waals surface area (Å²) < 4.78 is 5.35. The van der Waals surface area contributed by atoms with Crippen LogP contribution < -0.4 is 4.74 Å². The maximum absolute atomic E-state index is 12.7. The Kier molecular flexibility index (Phi) is 6.02. The molecule has 1 N–H and O–H groups in total. The molecule has 0 aromatic heterocycles. The minimum atomic E-state index is -0.802. The monoisotopic (exact) mass is 319 g/mol. The largest absolute Gasteiger partial charge is 0.496 e. The summed E-state index contributed by atoms with van der Waals surface area (Å²) in [6.45, 7) is 2.71. The summed E-state index contributed by atoms with van der Waals surface area (Å²) in [5.74, 6) is -0.0182. The molecule has 1 amide bonds. The first kappa shape index (κ1) is 17.3. The lowest BCUT2D eigenvalue weighted by atomic mass is 9.96. The number of carboxylic acids is 1. The Morgan fingerprint density at radius 2 is 2.13 bits per heavy atom. The van der Waals surface area contributed by atoms with E-state index in [0.29, 0.717) is 12.8 Å². The molecule has 23 heavy (non-hydrogen) atoms. The Balaban J connectivity index is 2.08. The van der Waals surface area contributed by atoms with Crippen LogP contribution >= 0.6 is 0 Å². The van der Waals surface area contributed by atoms with Crippen molar-refractivity contribution in [3.8, 4) is 5.75 Å². The third-order valence-corrected chi connectivity index (χ3v) is 4.42. The summed E-state index contributed by atoms with van der Waals surface area (Å²) in [7, 11) is 1.61. The molecule has 2 rings (SSSR count). The molecule has 1 aromatic rings. The van der Waals surface area contributed by atoms with Crippen LogP contribution in [-0.2, 0) is 16.0 Å². The van der Waals surface area contributed by atoms with Crippen molar-refractivity contribution in [3.05, 3.63) is 29.3 Å². The van der Waals surface area contributed by atoms with Crippen LogP contribution in [0.4, 0.5) is 0 Å². The van der Waals surface area contributed by atoms with Crippen LogP contribution in [0.2, 0.25) is 0 Å². The highest BCUT2D eigenvalue weighted by molar-refractivity contribution is 5.80. The summed E-state index contributed by atoms with van der Waals surface area (Å²) in [5, 5.41) is 8.88. The van der Waals surface area contributed by atoms with Gasteiger partial charge in [-0.05, 0) is 38.7 Å². The summed E-state index contributed by atoms with van der Waals surface area (Å²) in [5.41, 5.74) is 1.98. The molecule has 1 heterocycles. The maximum Gasteiger partial charge on any atom is 0.303 e. The second-order valence-corrected chi connectivity index (χ2v) is 6.16. The van der Waals surface area contributed by atoms with E-state index in [9.17, 15) is 9.59 Å². The maximum atomic E-state index is 12.7. The van der Waals surface area contributed by atoms with Crippen molar-refractivity contribution in [2.24, 2.45) is 0 Å². The number of hydrogen-bond acceptors (Lipinski definition) is 3. The number of carboxylic acid groups (broad SMARTS) is 1. The normalized spacial score (nSPS) is 17.8. The van der Waals surface area contributed by atoms with Gasteiger partial charge >= 0.3 is 5.97 Å². The number of piperidine rings is 1. The van der Waals surface area contributed by atoms with E-state index < -0.39 is 5.97 Å². The molecule has 1 atom stereocenters. The van der Waals surface area contributed by atoms with Crippen LogP contribution in [-0.4, -0.2) is 41.6 Å². The van der Waals surface area contributed by atoms with Crippen LogP contribution in [0.5, 0.6) is 5.75 Å². The van der Waals surface area contributed by atoms with Gasteiger partial charge in [0.25, 0.3) is 0 Å². The first-order valence-corrected chi connectivity index (χ1v) is 8.16. The van der Waals surface area contributed by atoms with Crippen molar-refractivity contribution in [1.82, 2.24) is 4.90 Å². The molecule has 5 nitrogen and oxygen atoms in total. The number of aliphatic carboxylic acids is 1. The Morgan fingerprint density at radius 3 is 2.83 bits per heavy atom. The molecule has 0 spiro atoms. The lowest BCUT2D eigenvalue weighted by molar-refractivity contribution is -0.139. The van der Waals surface area contributed by atoms with Gasteiger partial charge in [0.2, 0.25) is 5.91 Å². The highest BCUT2D eigenvalue weighted by Gasteiger charge is 2.27. The van der Waals surface area contributed by atoms with E-state index in [1.54, 1.807) is 7.11 Å². The van der Waals surface area contributed by atoms with Gasteiger partial charge in [0.1, 0.15) is 5.75 Å². The molecular formula is C18H25NO4. The van der Waals surface area contributed by atoms with Crippen LogP contribution in [0.15, 0.2) is 18.2 Å². The highest BCUT2D eigenvalue weighted by atomic mass is 16.5. The second-order valence-electron chi connectivity index (χ2n) is 6.16. The number of rotatable bonds is 6. The topological polar surface area (TPSA) is 66.8 Å². The molecular weight excluding hydrogens is 294 g/mol. The van der Waals surface area contributed by atoms with Gasteiger partial charge < -0.3 is 14.7 Å². The van der Waals surface area contributed by atoms with Gasteiger partial charge in [0.15, 0.2) is 0 Å². The number of nitrogens with zero attached hydrogens (tertiary/aromatic N) is 1. The summed E-state index contributed by atoms with van der Waals surface area (Å²) in [6.07, 6.45) is 3.88. The number of methoxy groups -OCH3 is 1. The van der Waals surface area contributed by atoms with E-state index in [2.05, 4.69) is 0 Å². The van der Waals surface area contributed by atoms with Crippen molar-refractivity contribution in [1.29, 1.82) is 0 Å². The van der Waals surface area contributed by atoms with Crippen molar-refractivity contribution in [2.45, 2.75) is 51.5 Å². The molecule has 1 saturated heterocycles. The van der Waals surface area contributed by atoms with Gasteiger partial charge in [-0.25, -0.2) is 0 Å². The van der Waals surface area contributed by atoms with Crippen molar-refractivity contribution in [3.63, 3.8) is 0 Å². The zero-order valence-electron chi connectivity index (χ0n) is 13.9. The fourth-order valence-corrected chi connectivity index (χ4v) is 3.23. The van der Waals surface area contributed by atoms with E-state index in [-0.39, 0.29) is 18.4 Å². The standard InChI is InChI=1S/C18H25NO4/c1-13-6-8-16(23-2)14(11-13)12-17(20)19-10-4-3-5-15(19)7-9-18(21)22/h6,8,11,15H,3-5,7,9-10,12H2,1-2H3,(H,21,22). The highest BCUT2D eigenvalue weighted by Crippen LogP contribution is 2.25. The first-order valence-electron chi connectivity index (χ1n) is 8.16. The molecule has 126 valence electrons. The van der Waals surface area contributed by atoms with Gasteiger partial charge in [-0.15, -0.1) is 0 Å². The van der Waals surface area contributed by atoms with Gasteiger partial charge in [0.05, 0.1) is 13.5 Å². The zero-order chi connectivity index (χ0) is 16.8. The van der Waals surface area contributed by atoms with Crippen molar-refractivity contribution < 1.29 is 19.4 Å². The molecule has 5 heteroatoms. The second kappa shape index (κ2) is 7.99. The molecule has 1 unspecified atom stereocenters. The Hall–Kier alpha value is -2.04. The van der Waals surface area contributed by atoms with Gasteiger partial charge in [-0.1, -0.05) is 17.7 Å². The predicted molar refractivity (Wildman–Crippen MR) is 87.7 cm³/mol. The summed E-state index contributed by atoms with van der Waals surface area (Å²) >= 11 is 0. The number of ether oxygens (including phenoxy) is 1. The number of amides is 1. The predicted octanol–water partition coefficient (Wildman–Crippen LogP) is 2.79. The molecule has 0 radical (unpaired) electrons. The first-order chi connectivity index (χ1) is 11.0. The number of carbonyl (C=O) groups is 2. The number of hydrogen-bond donors (Lipinski definition) is 1. The summed E-state index contributed by atoms with van der Waals surface area (Å²) in [6, 6.07) is 5.87. The molecule has 1 aliphatic rings. The van der Waals surface area contributed by atoms with Crippen LogP contribution in [0.25, 0.3) is 0 Å².